The maximum atomic E-state index is 4.74. The first-order valence-electron chi connectivity index (χ1n) is 10.2. The molecule has 144 valence electrons. The lowest BCUT2D eigenvalue weighted by Gasteiger charge is -2.05. The van der Waals surface area contributed by atoms with Gasteiger partial charge in [-0.1, -0.05) is 91.0 Å². The number of fused-ring (bicyclic) bond motifs is 1. The van der Waals surface area contributed by atoms with Gasteiger partial charge in [-0.15, -0.1) is 0 Å². The van der Waals surface area contributed by atoms with Crippen LogP contribution in [0.5, 0.6) is 0 Å². The van der Waals surface area contributed by atoms with Gasteiger partial charge < -0.3 is 4.57 Å². The van der Waals surface area contributed by atoms with Crippen LogP contribution in [-0.4, -0.2) is 10.8 Å². The largest absolute Gasteiger partial charge is 0.342 e. The highest BCUT2D eigenvalue weighted by atomic mass is 15.0. The molecule has 0 amide bonds. The van der Waals surface area contributed by atoms with E-state index in [2.05, 4.69) is 114 Å². The second kappa shape index (κ2) is 8.22. The van der Waals surface area contributed by atoms with E-state index in [1.807, 2.05) is 12.3 Å². The van der Waals surface area contributed by atoms with Crippen molar-refractivity contribution in [3.8, 4) is 11.1 Å². The molecule has 1 heterocycles. The molecule has 0 atom stereocenters. The molecule has 2 nitrogen and oxygen atoms in total. The Morgan fingerprint density at radius 1 is 0.633 bits per heavy atom. The van der Waals surface area contributed by atoms with Crippen LogP contribution in [-0.2, 0) is 6.54 Å². The minimum atomic E-state index is 0.848. The van der Waals surface area contributed by atoms with E-state index in [1.165, 1.54) is 27.6 Å². The molecular formula is C28H22N2. The third-order valence-electron chi connectivity index (χ3n) is 5.34. The van der Waals surface area contributed by atoms with E-state index in [0.717, 1.165) is 17.8 Å². The predicted octanol–water partition coefficient (Wildman–Crippen LogP) is 7.11. The van der Waals surface area contributed by atoms with E-state index in [0.29, 0.717) is 0 Å². The van der Waals surface area contributed by atoms with E-state index in [1.54, 1.807) is 0 Å². The molecule has 5 aromatic rings. The summed E-state index contributed by atoms with van der Waals surface area (Å²) >= 11 is 0. The fourth-order valence-electron chi connectivity index (χ4n) is 3.80. The molecule has 0 fully saturated rings. The molecule has 0 aliphatic rings. The zero-order valence-corrected chi connectivity index (χ0v) is 16.6. The molecule has 0 saturated heterocycles. The zero-order chi connectivity index (χ0) is 20.2. The second-order valence-corrected chi connectivity index (χ2v) is 7.39. The van der Waals surface area contributed by atoms with E-state index < -0.39 is 0 Å². The summed E-state index contributed by atoms with van der Waals surface area (Å²) in [7, 11) is 0. The van der Waals surface area contributed by atoms with Gasteiger partial charge in [-0.3, -0.25) is 4.99 Å². The first-order valence-corrected chi connectivity index (χ1v) is 10.2. The highest BCUT2D eigenvalue weighted by molar-refractivity contribution is 6.00. The molecule has 4 aromatic carbocycles. The summed E-state index contributed by atoms with van der Waals surface area (Å²) in [4.78, 5) is 4.74. The van der Waals surface area contributed by atoms with Gasteiger partial charge in [0.15, 0.2) is 0 Å². The Labute approximate surface area is 176 Å². The van der Waals surface area contributed by atoms with E-state index >= 15 is 0 Å². The number of para-hydroxylation sites is 1. The molecule has 30 heavy (non-hydrogen) atoms. The number of hydrogen-bond donors (Lipinski definition) is 0. The summed E-state index contributed by atoms with van der Waals surface area (Å²) < 4.78 is 2.30. The molecule has 2 heteroatoms. The van der Waals surface area contributed by atoms with Crippen LogP contribution in [0.4, 0.5) is 5.69 Å². The van der Waals surface area contributed by atoms with Crippen LogP contribution in [0, 0.1) is 0 Å². The van der Waals surface area contributed by atoms with Gasteiger partial charge in [-0.25, -0.2) is 0 Å². The molecule has 0 aliphatic carbocycles. The Morgan fingerprint density at radius 2 is 1.27 bits per heavy atom. The average molecular weight is 386 g/mol. The van der Waals surface area contributed by atoms with E-state index in [-0.39, 0.29) is 0 Å². The summed E-state index contributed by atoms with van der Waals surface area (Å²) in [5, 5.41) is 1.22. The molecule has 0 N–H and O–H groups in total. The number of rotatable bonds is 5. The van der Waals surface area contributed by atoms with Crippen LogP contribution in [0.2, 0.25) is 0 Å². The molecule has 0 unspecified atom stereocenters. The lowest BCUT2D eigenvalue weighted by atomic mass is 10.1. The third kappa shape index (κ3) is 3.81. The molecule has 5 rings (SSSR count). The van der Waals surface area contributed by atoms with Crippen molar-refractivity contribution < 1.29 is 0 Å². The Balaban J connectivity index is 1.43. The van der Waals surface area contributed by atoms with Gasteiger partial charge in [-0.05, 0) is 34.9 Å². The maximum Gasteiger partial charge on any atom is 0.0630 e. The summed E-state index contributed by atoms with van der Waals surface area (Å²) in [5.41, 5.74) is 7.02. The van der Waals surface area contributed by atoms with Gasteiger partial charge in [0, 0.05) is 35.4 Å². The Kier molecular flexibility index (Phi) is 4.97. The van der Waals surface area contributed by atoms with Crippen molar-refractivity contribution in [2.24, 2.45) is 4.99 Å². The lowest BCUT2D eigenvalue weighted by Crippen LogP contribution is -1.97. The molecule has 0 saturated carbocycles. The third-order valence-corrected chi connectivity index (χ3v) is 5.34. The van der Waals surface area contributed by atoms with Crippen molar-refractivity contribution in [2.75, 3.05) is 0 Å². The molecule has 1 aromatic heterocycles. The monoisotopic (exact) mass is 386 g/mol. The van der Waals surface area contributed by atoms with Crippen molar-refractivity contribution in [3.63, 3.8) is 0 Å². The van der Waals surface area contributed by atoms with Gasteiger partial charge in [0.2, 0.25) is 0 Å². The minimum Gasteiger partial charge on any atom is -0.342 e. The van der Waals surface area contributed by atoms with Crippen LogP contribution >= 0.6 is 0 Å². The smallest absolute Gasteiger partial charge is 0.0630 e. The van der Waals surface area contributed by atoms with Crippen molar-refractivity contribution in [3.05, 3.63) is 127 Å². The number of nitrogens with zero attached hydrogens (tertiary/aromatic N) is 2. The van der Waals surface area contributed by atoms with Gasteiger partial charge in [0.05, 0.1) is 5.69 Å². The van der Waals surface area contributed by atoms with Crippen LogP contribution in [0.1, 0.15) is 11.1 Å². The standard InChI is InChI=1S/C28H22N2/c1-3-9-22(10-4-1)20-30-21-25(27-13-7-8-14-28(27)30)19-29-26-17-15-24(16-18-26)23-11-5-2-6-12-23/h1-19,21H,20H2. The fraction of sp³-hybridized carbons (Fsp3) is 0.0357. The summed E-state index contributed by atoms with van der Waals surface area (Å²) in [5.74, 6) is 0. The van der Waals surface area contributed by atoms with E-state index in [9.17, 15) is 0 Å². The van der Waals surface area contributed by atoms with Crippen molar-refractivity contribution in [1.82, 2.24) is 4.57 Å². The topological polar surface area (TPSA) is 17.3 Å². The highest BCUT2D eigenvalue weighted by Gasteiger charge is 2.07. The van der Waals surface area contributed by atoms with Crippen molar-refractivity contribution >= 4 is 22.8 Å². The summed E-state index contributed by atoms with van der Waals surface area (Å²) in [6.45, 7) is 0.848. The number of hydrogen-bond acceptors (Lipinski definition) is 1. The van der Waals surface area contributed by atoms with Crippen LogP contribution in [0.15, 0.2) is 120 Å². The first-order chi connectivity index (χ1) is 14.9. The van der Waals surface area contributed by atoms with Gasteiger partial charge in [0.25, 0.3) is 0 Å². The molecule has 0 aliphatic heterocycles. The van der Waals surface area contributed by atoms with E-state index in [4.69, 9.17) is 4.99 Å². The molecule has 0 radical (unpaired) electrons. The SMILES string of the molecule is C(=Nc1ccc(-c2ccccc2)cc1)c1cn(Cc2ccccc2)c2ccccc12. The number of aromatic nitrogens is 1. The molecule has 0 bridgehead atoms. The van der Waals surface area contributed by atoms with Gasteiger partial charge in [0.1, 0.15) is 0 Å². The Bertz CT molecular complexity index is 1280. The average Bonchev–Trinajstić information content (AvgIpc) is 3.17. The Hall–Kier alpha value is -3.91. The minimum absolute atomic E-state index is 0.848. The Morgan fingerprint density at radius 3 is 2.03 bits per heavy atom. The predicted molar refractivity (Wildman–Crippen MR) is 127 cm³/mol. The second-order valence-electron chi connectivity index (χ2n) is 7.39. The van der Waals surface area contributed by atoms with Gasteiger partial charge in [-0.2, -0.15) is 0 Å². The lowest BCUT2D eigenvalue weighted by molar-refractivity contribution is 0.836. The zero-order valence-electron chi connectivity index (χ0n) is 16.6. The van der Waals surface area contributed by atoms with Gasteiger partial charge >= 0.3 is 0 Å². The normalized spacial score (nSPS) is 11.3. The van der Waals surface area contributed by atoms with Crippen LogP contribution < -0.4 is 0 Å². The van der Waals surface area contributed by atoms with Crippen LogP contribution in [0.25, 0.3) is 22.0 Å². The van der Waals surface area contributed by atoms with Crippen molar-refractivity contribution in [1.29, 1.82) is 0 Å². The molecular weight excluding hydrogens is 364 g/mol. The quantitative estimate of drug-likeness (QED) is 0.286. The number of aliphatic imine (C=N–C) groups is 1. The maximum absolute atomic E-state index is 4.74. The first kappa shape index (κ1) is 18.1. The summed E-state index contributed by atoms with van der Waals surface area (Å²) in [6, 6.07) is 37.9. The van der Waals surface area contributed by atoms with Crippen molar-refractivity contribution in [2.45, 2.75) is 6.54 Å². The summed E-state index contributed by atoms with van der Waals surface area (Å²) in [6.07, 6.45) is 4.17. The number of benzene rings is 4. The fourth-order valence-corrected chi connectivity index (χ4v) is 3.80. The van der Waals surface area contributed by atoms with Crippen LogP contribution in [0.3, 0.4) is 0 Å². The molecule has 0 spiro atoms. The highest BCUT2D eigenvalue weighted by Crippen LogP contribution is 2.24.